The SMILES string of the molecule is N#Cc1ccc(/C(=C/c2ccccc2)Cn2cncn2)cc1. The summed E-state index contributed by atoms with van der Waals surface area (Å²) in [6.45, 7) is 0.626. The predicted octanol–water partition coefficient (Wildman–Crippen LogP) is 3.39. The summed E-state index contributed by atoms with van der Waals surface area (Å²) in [5.74, 6) is 0. The number of nitrogens with zero attached hydrogens (tertiary/aromatic N) is 4. The predicted molar refractivity (Wildman–Crippen MR) is 85.5 cm³/mol. The third-order valence-corrected chi connectivity index (χ3v) is 3.32. The minimum atomic E-state index is 0.626. The summed E-state index contributed by atoms with van der Waals surface area (Å²) >= 11 is 0. The highest BCUT2D eigenvalue weighted by Crippen LogP contribution is 2.20. The summed E-state index contributed by atoms with van der Waals surface area (Å²) in [5, 5.41) is 13.1. The van der Waals surface area contributed by atoms with Crippen LogP contribution >= 0.6 is 0 Å². The number of benzene rings is 2. The average Bonchev–Trinajstić information content (AvgIpc) is 3.08. The van der Waals surface area contributed by atoms with E-state index in [0.717, 1.165) is 16.7 Å². The number of nitriles is 1. The van der Waals surface area contributed by atoms with Crippen LogP contribution in [-0.2, 0) is 6.54 Å². The van der Waals surface area contributed by atoms with Crippen LogP contribution in [-0.4, -0.2) is 14.8 Å². The van der Waals surface area contributed by atoms with Gasteiger partial charge in [-0.3, -0.25) is 0 Å². The molecule has 4 heteroatoms. The van der Waals surface area contributed by atoms with E-state index >= 15 is 0 Å². The largest absolute Gasteiger partial charge is 0.249 e. The Bertz CT molecular complexity index is 795. The molecule has 3 rings (SSSR count). The van der Waals surface area contributed by atoms with E-state index in [1.165, 1.54) is 6.33 Å². The van der Waals surface area contributed by atoms with Gasteiger partial charge < -0.3 is 0 Å². The van der Waals surface area contributed by atoms with E-state index < -0.39 is 0 Å². The molecule has 2 aromatic carbocycles. The fourth-order valence-electron chi connectivity index (χ4n) is 2.22. The van der Waals surface area contributed by atoms with E-state index in [-0.39, 0.29) is 0 Å². The molecule has 0 radical (unpaired) electrons. The smallest absolute Gasteiger partial charge is 0.137 e. The van der Waals surface area contributed by atoms with Crippen LogP contribution in [0, 0.1) is 11.3 Å². The zero-order valence-corrected chi connectivity index (χ0v) is 11.9. The summed E-state index contributed by atoms with van der Waals surface area (Å²) in [6, 6.07) is 19.9. The van der Waals surface area contributed by atoms with Gasteiger partial charge in [-0.1, -0.05) is 42.5 Å². The van der Waals surface area contributed by atoms with Crippen LogP contribution in [0.3, 0.4) is 0 Å². The molecule has 0 unspecified atom stereocenters. The van der Waals surface area contributed by atoms with Crippen molar-refractivity contribution in [2.75, 3.05) is 0 Å². The molecule has 0 spiro atoms. The Morgan fingerprint density at radius 3 is 2.50 bits per heavy atom. The van der Waals surface area contributed by atoms with Gasteiger partial charge in [0.2, 0.25) is 0 Å². The van der Waals surface area contributed by atoms with Crippen LogP contribution < -0.4 is 0 Å². The summed E-state index contributed by atoms with van der Waals surface area (Å²) in [6.07, 6.45) is 5.35. The first kappa shape index (κ1) is 13.8. The zero-order chi connectivity index (χ0) is 15.2. The van der Waals surface area contributed by atoms with Gasteiger partial charge in [0.1, 0.15) is 12.7 Å². The van der Waals surface area contributed by atoms with Crippen LogP contribution in [0.25, 0.3) is 11.6 Å². The van der Waals surface area contributed by atoms with Crippen molar-refractivity contribution in [2.45, 2.75) is 6.54 Å². The van der Waals surface area contributed by atoms with Crippen LogP contribution in [0.5, 0.6) is 0 Å². The van der Waals surface area contributed by atoms with Gasteiger partial charge in [0.05, 0.1) is 18.2 Å². The molecule has 0 saturated carbocycles. The van der Waals surface area contributed by atoms with Crippen molar-refractivity contribution in [1.29, 1.82) is 5.26 Å². The average molecular weight is 286 g/mol. The van der Waals surface area contributed by atoms with Gasteiger partial charge in [-0.2, -0.15) is 10.4 Å². The molecule has 3 aromatic rings. The maximum atomic E-state index is 8.92. The van der Waals surface area contributed by atoms with E-state index in [0.29, 0.717) is 12.1 Å². The molecule has 1 aromatic heterocycles. The van der Waals surface area contributed by atoms with Crippen molar-refractivity contribution in [3.05, 3.63) is 83.9 Å². The lowest BCUT2D eigenvalue weighted by Crippen LogP contribution is -2.01. The first-order valence-corrected chi connectivity index (χ1v) is 6.94. The lowest BCUT2D eigenvalue weighted by molar-refractivity contribution is 0.711. The second-order valence-corrected chi connectivity index (χ2v) is 4.86. The molecule has 0 fully saturated rings. The first-order chi connectivity index (χ1) is 10.8. The first-order valence-electron chi connectivity index (χ1n) is 6.94. The van der Waals surface area contributed by atoms with Crippen LogP contribution in [0.1, 0.15) is 16.7 Å². The standard InChI is InChI=1S/C18H14N4/c19-11-16-6-8-17(9-7-16)18(12-22-14-20-13-21-22)10-15-4-2-1-3-5-15/h1-10,13-14H,12H2/b18-10+. The maximum Gasteiger partial charge on any atom is 0.137 e. The molecule has 22 heavy (non-hydrogen) atoms. The lowest BCUT2D eigenvalue weighted by atomic mass is 10.0. The van der Waals surface area contributed by atoms with E-state index in [9.17, 15) is 0 Å². The highest BCUT2D eigenvalue weighted by molar-refractivity contribution is 5.81. The molecule has 0 amide bonds. The fraction of sp³-hybridized carbons (Fsp3) is 0.0556. The summed E-state index contributed by atoms with van der Waals surface area (Å²) < 4.78 is 1.78. The van der Waals surface area contributed by atoms with Crippen molar-refractivity contribution in [1.82, 2.24) is 14.8 Å². The Labute approximate surface area is 129 Å². The zero-order valence-electron chi connectivity index (χ0n) is 11.9. The second-order valence-electron chi connectivity index (χ2n) is 4.86. The van der Waals surface area contributed by atoms with Gasteiger partial charge in [0, 0.05) is 0 Å². The highest BCUT2D eigenvalue weighted by Gasteiger charge is 2.04. The van der Waals surface area contributed by atoms with Gasteiger partial charge in [-0.05, 0) is 34.9 Å². The Morgan fingerprint density at radius 2 is 1.86 bits per heavy atom. The number of rotatable bonds is 4. The van der Waals surface area contributed by atoms with E-state index in [1.807, 2.05) is 42.5 Å². The van der Waals surface area contributed by atoms with Crippen molar-refractivity contribution in [3.63, 3.8) is 0 Å². The van der Waals surface area contributed by atoms with E-state index in [4.69, 9.17) is 5.26 Å². The van der Waals surface area contributed by atoms with Gasteiger partial charge in [-0.25, -0.2) is 9.67 Å². The fourth-order valence-corrected chi connectivity index (χ4v) is 2.22. The highest BCUT2D eigenvalue weighted by atomic mass is 15.3. The minimum Gasteiger partial charge on any atom is -0.249 e. The molecule has 1 heterocycles. The lowest BCUT2D eigenvalue weighted by Gasteiger charge is -2.09. The Balaban J connectivity index is 1.98. The van der Waals surface area contributed by atoms with Crippen molar-refractivity contribution >= 4 is 11.6 Å². The molecular weight excluding hydrogens is 272 g/mol. The number of hydrogen-bond donors (Lipinski definition) is 0. The quantitative estimate of drug-likeness (QED) is 0.691. The number of allylic oxidation sites excluding steroid dienone is 1. The maximum absolute atomic E-state index is 8.92. The van der Waals surface area contributed by atoms with E-state index in [2.05, 4.69) is 34.4 Å². The number of aromatic nitrogens is 3. The molecule has 0 atom stereocenters. The van der Waals surface area contributed by atoms with Gasteiger partial charge in [-0.15, -0.1) is 0 Å². The Hall–Kier alpha value is -3.19. The summed E-state index contributed by atoms with van der Waals surface area (Å²) in [5.41, 5.74) is 3.96. The van der Waals surface area contributed by atoms with E-state index in [1.54, 1.807) is 11.0 Å². The molecular formula is C18H14N4. The van der Waals surface area contributed by atoms with Crippen molar-refractivity contribution < 1.29 is 0 Å². The molecule has 4 nitrogen and oxygen atoms in total. The van der Waals surface area contributed by atoms with Crippen LogP contribution in [0.15, 0.2) is 67.3 Å². The molecule has 0 N–H and O–H groups in total. The number of hydrogen-bond acceptors (Lipinski definition) is 3. The molecule has 0 aliphatic carbocycles. The summed E-state index contributed by atoms with van der Waals surface area (Å²) in [4.78, 5) is 3.98. The summed E-state index contributed by atoms with van der Waals surface area (Å²) in [7, 11) is 0. The third-order valence-electron chi connectivity index (χ3n) is 3.32. The van der Waals surface area contributed by atoms with Gasteiger partial charge >= 0.3 is 0 Å². The van der Waals surface area contributed by atoms with Crippen LogP contribution in [0.2, 0.25) is 0 Å². The molecule has 106 valence electrons. The second kappa shape index (κ2) is 6.51. The molecule has 0 bridgehead atoms. The third kappa shape index (κ3) is 3.28. The van der Waals surface area contributed by atoms with Crippen molar-refractivity contribution in [3.8, 4) is 6.07 Å². The molecule has 0 aliphatic rings. The normalized spacial score (nSPS) is 11.1. The minimum absolute atomic E-state index is 0.626. The monoisotopic (exact) mass is 286 g/mol. The van der Waals surface area contributed by atoms with Crippen molar-refractivity contribution in [2.24, 2.45) is 0 Å². The molecule has 0 saturated heterocycles. The Morgan fingerprint density at radius 1 is 1.09 bits per heavy atom. The van der Waals surface area contributed by atoms with Crippen LogP contribution in [0.4, 0.5) is 0 Å². The Kier molecular flexibility index (Phi) is 4.08. The van der Waals surface area contributed by atoms with Gasteiger partial charge in [0.15, 0.2) is 0 Å². The van der Waals surface area contributed by atoms with Gasteiger partial charge in [0.25, 0.3) is 0 Å². The topological polar surface area (TPSA) is 54.5 Å². The molecule has 0 aliphatic heterocycles.